The van der Waals surface area contributed by atoms with Crippen LogP contribution in [0, 0.1) is 20.8 Å². The zero-order chi connectivity index (χ0) is 18.0. The summed E-state index contributed by atoms with van der Waals surface area (Å²) in [5.41, 5.74) is 4.31. The van der Waals surface area contributed by atoms with Gasteiger partial charge in [-0.05, 0) is 39.8 Å². The van der Waals surface area contributed by atoms with Crippen molar-refractivity contribution in [2.45, 2.75) is 33.7 Å². The van der Waals surface area contributed by atoms with E-state index in [0.29, 0.717) is 11.6 Å². The first-order chi connectivity index (χ1) is 12.0. The van der Waals surface area contributed by atoms with E-state index in [4.69, 9.17) is 4.52 Å². The van der Waals surface area contributed by atoms with Crippen molar-refractivity contribution in [3.05, 3.63) is 53.5 Å². The number of anilines is 2. The predicted molar refractivity (Wildman–Crippen MR) is 96.0 cm³/mol. The Morgan fingerprint density at radius 2 is 1.92 bits per heavy atom. The van der Waals surface area contributed by atoms with Gasteiger partial charge in [0.2, 0.25) is 11.8 Å². The van der Waals surface area contributed by atoms with Crippen molar-refractivity contribution in [3.8, 4) is 5.69 Å². The summed E-state index contributed by atoms with van der Waals surface area (Å²) < 4.78 is 6.88. The predicted octanol–water partition coefficient (Wildman–Crippen LogP) is 3.22. The van der Waals surface area contributed by atoms with Gasteiger partial charge in [-0.3, -0.25) is 10.1 Å². The molecule has 0 spiro atoms. The molecule has 130 valence electrons. The van der Waals surface area contributed by atoms with Crippen LogP contribution in [0.3, 0.4) is 0 Å². The molecule has 0 unspecified atom stereocenters. The zero-order valence-corrected chi connectivity index (χ0v) is 14.7. The molecule has 2 heterocycles. The lowest BCUT2D eigenvalue weighted by Crippen LogP contribution is -2.32. The van der Waals surface area contributed by atoms with Crippen LogP contribution in [-0.2, 0) is 4.79 Å². The number of aromatic nitrogens is 3. The van der Waals surface area contributed by atoms with Crippen molar-refractivity contribution in [1.29, 1.82) is 0 Å². The normalized spacial score (nSPS) is 12.0. The van der Waals surface area contributed by atoms with E-state index >= 15 is 0 Å². The maximum absolute atomic E-state index is 12.3. The molecular weight excluding hydrogens is 318 g/mol. The molecule has 7 heteroatoms. The Kier molecular flexibility index (Phi) is 4.56. The molecule has 0 saturated heterocycles. The zero-order valence-electron chi connectivity index (χ0n) is 14.7. The molecule has 0 aliphatic carbocycles. The second kappa shape index (κ2) is 6.80. The van der Waals surface area contributed by atoms with Gasteiger partial charge in [0.1, 0.15) is 6.04 Å². The van der Waals surface area contributed by atoms with Crippen LogP contribution < -0.4 is 10.6 Å². The fourth-order valence-electron chi connectivity index (χ4n) is 2.61. The van der Waals surface area contributed by atoms with E-state index in [1.54, 1.807) is 19.9 Å². The largest absolute Gasteiger partial charge is 0.371 e. The van der Waals surface area contributed by atoms with Crippen molar-refractivity contribution in [1.82, 2.24) is 14.9 Å². The maximum atomic E-state index is 12.3. The summed E-state index contributed by atoms with van der Waals surface area (Å²) in [7, 11) is 0. The molecule has 25 heavy (non-hydrogen) atoms. The number of carbonyl (C=O) groups excluding carboxylic acids is 1. The average molecular weight is 339 g/mol. The molecule has 3 rings (SSSR count). The lowest BCUT2D eigenvalue weighted by molar-refractivity contribution is -0.116. The van der Waals surface area contributed by atoms with Gasteiger partial charge < -0.3 is 9.84 Å². The molecule has 0 fully saturated rings. The number of hydrogen-bond donors (Lipinski definition) is 2. The third-order valence-corrected chi connectivity index (χ3v) is 3.92. The number of aryl methyl sites for hydroxylation is 2. The van der Waals surface area contributed by atoms with Gasteiger partial charge >= 0.3 is 0 Å². The third-order valence-electron chi connectivity index (χ3n) is 3.92. The Balaban J connectivity index is 1.76. The molecule has 7 nitrogen and oxygen atoms in total. The Bertz CT molecular complexity index is 882. The summed E-state index contributed by atoms with van der Waals surface area (Å²) >= 11 is 0. The van der Waals surface area contributed by atoms with Crippen LogP contribution in [0.5, 0.6) is 0 Å². The quantitative estimate of drug-likeness (QED) is 0.745. The van der Waals surface area contributed by atoms with Crippen LogP contribution in [0.4, 0.5) is 11.6 Å². The van der Waals surface area contributed by atoms with Gasteiger partial charge in [-0.2, -0.15) is 5.10 Å². The Hall–Kier alpha value is -3.09. The molecule has 0 radical (unpaired) electrons. The fraction of sp³-hybridized carbons (Fsp3) is 0.278. The highest BCUT2D eigenvalue weighted by molar-refractivity contribution is 5.95. The molecule has 1 atom stereocenters. The molecule has 2 aromatic heterocycles. The smallest absolute Gasteiger partial charge is 0.248 e. The molecule has 0 saturated carbocycles. The number of benzene rings is 1. The SMILES string of the molecule is Cc1cc(NC(=O)[C@@H](C)Nc2c(C)nn(-c3ccccc3)c2C)on1. The lowest BCUT2D eigenvalue weighted by Gasteiger charge is -2.14. The van der Waals surface area contributed by atoms with E-state index < -0.39 is 6.04 Å². The minimum absolute atomic E-state index is 0.206. The van der Waals surface area contributed by atoms with Gasteiger partial charge in [-0.1, -0.05) is 23.4 Å². The first-order valence-electron chi connectivity index (χ1n) is 8.08. The fourth-order valence-corrected chi connectivity index (χ4v) is 2.61. The van der Waals surface area contributed by atoms with Crippen molar-refractivity contribution >= 4 is 17.5 Å². The third kappa shape index (κ3) is 3.55. The highest BCUT2D eigenvalue weighted by Gasteiger charge is 2.19. The molecule has 0 aliphatic rings. The first kappa shape index (κ1) is 16.8. The number of para-hydroxylation sites is 1. The highest BCUT2D eigenvalue weighted by Crippen LogP contribution is 2.23. The number of nitrogens with one attached hydrogen (secondary N) is 2. The number of rotatable bonds is 5. The summed E-state index contributed by atoms with van der Waals surface area (Å²) in [6.07, 6.45) is 0. The lowest BCUT2D eigenvalue weighted by atomic mass is 10.2. The summed E-state index contributed by atoms with van der Waals surface area (Å²) in [4.78, 5) is 12.3. The van der Waals surface area contributed by atoms with Crippen LogP contribution in [0.1, 0.15) is 24.0 Å². The van der Waals surface area contributed by atoms with Crippen LogP contribution in [0.25, 0.3) is 5.69 Å². The van der Waals surface area contributed by atoms with Gasteiger partial charge in [0.15, 0.2) is 0 Å². The van der Waals surface area contributed by atoms with Gasteiger partial charge in [0.25, 0.3) is 0 Å². The molecule has 1 aromatic carbocycles. The maximum Gasteiger partial charge on any atom is 0.248 e. The Morgan fingerprint density at radius 3 is 2.56 bits per heavy atom. The van der Waals surface area contributed by atoms with E-state index in [9.17, 15) is 4.79 Å². The number of nitrogens with zero attached hydrogens (tertiary/aromatic N) is 3. The van der Waals surface area contributed by atoms with Crippen molar-refractivity contribution in [2.75, 3.05) is 10.6 Å². The highest BCUT2D eigenvalue weighted by atomic mass is 16.5. The van der Waals surface area contributed by atoms with Crippen LogP contribution in [0.15, 0.2) is 40.9 Å². The van der Waals surface area contributed by atoms with Crippen molar-refractivity contribution < 1.29 is 9.32 Å². The molecular formula is C18H21N5O2. The van der Waals surface area contributed by atoms with Crippen LogP contribution in [0.2, 0.25) is 0 Å². The Labute approximate surface area is 146 Å². The molecule has 1 amide bonds. The summed E-state index contributed by atoms with van der Waals surface area (Å²) in [6, 6.07) is 11.1. The number of amides is 1. The van der Waals surface area contributed by atoms with E-state index in [0.717, 1.165) is 22.8 Å². The average Bonchev–Trinajstić information content (AvgIpc) is 3.13. The summed E-state index contributed by atoms with van der Waals surface area (Å²) in [5.74, 6) is 0.131. The Morgan fingerprint density at radius 1 is 1.20 bits per heavy atom. The molecule has 2 N–H and O–H groups in total. The molecule has 3 aromatic rings. The minimum atomic E-state index is -0.462. The number of carbonyl (C=O) groups is 1. The van der Waals surface area contributed by atoms with Gasteiger partial charge in [-0.25, -0.2) is 4.68 Å². The summed E-state index contributed by atoms with van der Waals surface area (Å²) in [5, 5.41) is 14.3. The van der Waals surface area contributed by atoms with E-state index in [1.807, 2.05) is 48.9 Å². The topological polar surface area (TPSA) is 85.0 Å². The van der Waals surface area contributed by atoms with E-state index in [1.165, 1.54) is 0 Å². The second-order valence-corrected chi connectivity index (χ2v) is 5.98. The minimum Gasteiger partial charge on any atom is -0.371 e. The first-order valence-corrected chi connectivity index (χ1v) is 8.08. The number of hydrogen-bond acceptors (Lipinski definition) is 5. The van der Waals surface area contributed by atoms with Crippen LogP contribution in [-0.4, -0.2) is 26.9 Å². The standard InChI is InChI=1S/C18H21N5O2/c1-11-10-16(25-22-11)20-18(24)13(3)19-17-12(2)21-23(14(17)4)15-8-6-5-7-9-15/h5-10,13,19H,1-4H3,(H,20,24)/t13-/m1/s1. The van der Waals surface area contributed by atoms with Gasteiger partial charge in [0, 0.05) is 6.07 Å². The molecule has 0 bridgehead atoms. The monoisotopic (exact) mass is 339 g/mol. The van der Waals surface area contributed by atoms with E-state index in [2.05, 4.69) is 20.9 Å². The second-order valence-electron chi connectivity index (χ2n) is 5.98. The van der Waals surface area contributed by atoms with Gasteiger partial charge in [0.05, 0.1) is 28.5 Å². The van der Waals surface area contributed by atoms with Crippen molar-refractivity contribution in [3.63, 3.8) is 0 Å². The van der Waals surface area contributed by atoms with E-state index in [-0.39, 0.29) is 5.91 Å². The molecule has 0 aliphatic heterocycles. The summed E-state index contributed by atoms with van der Waals surface area (Å²) in [6.45, 7) is 7.47. The van der Waals surface area contributed by atoms with Gasteiger partial charge in [-0.15, -0.1) is 0 Å². The van der Waals surface area contributed by atoms with Crippen LogP contribution >= 0.6 is 0 Å². The van der Waals surface area contributed by atoms with Crippen molar-refractivity contribution in [2.24, 2.45) is 0 Å².